The van der Waals surface area contributed by atoms with Gasteiger partial charge in [-0.25, -0.2) is 9.97 Å². The summed E-state index contributed by atoms with van der Waals surface area (Å²) in [4.78, 5) is 23.8. The number of amides is 1. The normalized spacial score (nSPS) is 11.8. The fourth-order valence-electron chi connectivity index (χ4n) is 3.74. The molecule has 2 N–H and O–H groups in total. The number of alkyl halides is 5. The van der Waals surface area contributed by atoms with Crippen molar-refractivity contribution in [2.24, 2.45) is 0 Å². The van der Waals surface area contributed by atoms with Crippen molar-refractivity contribution in [3.05, 3.63) is 109 Å². The second kappa shape index (κ2) is 16.2. The van der Waals surface area contributed by atoms with Crippen LogP contribution < -0.4 is 15.4 Å². The maximum Gasteiger partial charge on any atom is 0.417 e. The molecule has 0 spiro atoms. The van der Waals surface area contributed by atoms with Crippen LogP contribution in [0.1, 0.15) is 52.3 Å². The average molecular weight is 711 g/mol. The highest BCUT2D eigenvalue weighted by Gasteiger charge is 2.31. The zero-order chi connectivity index (χ0) is 33.3. The number of benzene rings is 2. The van der Waals surface area contributed by atoms with Gasteiger partial charge in [-0.3, -0.25) is 9.78 Å². The molecule has 0 fully saturated rings. The summed E-state index contributed by atoms with van der Waals surface area (Å²) in [6.07, 6.45) is -1.68. The molecule has 2 aromatic heterocycles. The number of rotatable bonds is 9. The molecule has 0 radical (unpaired) electrons. The topological polar surface area (TPSA) is 89.0 Å². The first-order valence-electron chi connectivity index (χ1n) is 12.9. The van der Waals surface area contributed by atoms with E-state index in [0.717, 1.165) is 18.1 Å². The third kappa shape index (κ3) is 10.3. The Kier molecular flexibility index (Phi) is 13.0. The number of carbonyl (C=O) groups is 1. The molecule has 0 saturated carbocycles. The van der Waals surface area contributed by atoms with E-state index >= 15 is 0 Å². The second-order valence-electron chi connectivity index (χ2n) is 9.10. The Morgan fingerprint density at radius 3 is 2.16 bits per heavy atom. The van der Waals surface area contributed by atoms with Crippen LogP contribution in [0.5, 0.6) is 5.75 Å². The second-order valence-corrected chi connectivity index (χ2v) is 10.7. The van der Waals surface area contributed by atoms with Crippen molar-refractivity contribution < 1.29 is 31.5 Å². The van der Waals surface area contributed by atoms with Crippen molar-refractivity contribution in [3.63, 3.8) is 0 Å². The van der Waals surface area contributed by atoms with Crippen molar-refractivity contribution in [3.8, 4) is 5.75 Å². The molecule has 1 atom stereocenters. The van der Waals surface area contributed by atoms with Crippen LogP contribution in [0.15, 0.2) is 61.1 Å². The van der Waals surface area contributed by atoms with E-state index in [1.54, 1.807) is 25.1 Å². The summed E-state index contributed by atoms with van der Waals surface area (Å²) in [5.41, 5.74) is 0.813. The quantitative estimate of drug-likeness (QED) is 0.168. The predicted molar refractivity (Wildman–Crippen MR) is 163 cm³/mol. The summed E-state index contributed by atoms with van der Waals surface area (Å²) >= 11 is 23.7. The van der Waals surface area contributed by atoms with Crippen molar-refractivity contribution in [1.82, 2.24) is 20.3 Å². The molecule has 0 saturated heterocycles. The first kappa shape index (κ1) is 36.0. The highest BCUT2D eigenvalue weighted by Crippen LogP contribution is 2.32. The fraction of sp³-hybridized carbons (Fsp3) is 0.241. The van der Waals surface area contributed by atoms with Gasteiger partial charge in [0, 0.05) is 6.20 Å². The lowest BCUT2D eigenvalue weighted by atomic mass is 10.0. The summed E-state index contributed by atoms with van der Waals surface area (Å²) in [7, 11) is 0. The molecular weight excluding hydrogens is 687 g/mol. The van der Waals surface area contributed by atoms with Gasteiger partial charge in [-0.05, 0) is 49.2 Å². The van der Waals surface area contributed by atoms with E-state index in [1.807, 2.05) is 6.92 Å². The Morgan fingerprint density at radius 2 is 1.60 bits per heavy atom. The largest absolute Gasteiger partial charge is 0.435 e. The van der Waals surface area contributed by atoms with Crippen LogP contribution in [0.4, 0.5) is 27.8 Å². The molecule has 16 heteroatoms. The zero-order valence-electron chi connectivity index (χ0n) is 23.4. The van der Waals surface area contributed by atoms with Gasteiger partial charge in [0.1, 0.15) is 22.9 Å². The van der Waals surface area contributed by atoms with E-state index in [1.165, 1.54) is 30.6 Å². The number of carbonyl (C=O) groups excluding carboxylic acids is 1. The number of pyridine rings is 1. The number of hydrogen-bond acceptors (Lipinski definition) is 6. The van der Waals surface area contributed by atoms with Crippen molar-refractivity contribution in [2.75, 3.05) is 5.32 Å². The van der Waals surface area contributed by atoms with Gasteiger partial charge in [0.25, 0.3) is 5.91 Å². The van der Waals surface area contributed by atoms with Gasteiger partial charge in [0.2, 0.25) is 0 Å². The minimum Gasteiger partial charge on any atom is -0.435 e. The van der Waals surface area contributed by atoms with Crippen LogP contribution >= 0.6 is 46.4 Å². The molecule has 0 aliphatic rings. The third-order valence-corrected chi connectivity index (χ3v) is 7.45. The van der Waals surface area contributed by atoms with E-state index in [0.29, 0.717) is 22.7 Å². The van der Waals surface area contributed by atoms with Gasteiger partial charge >= 0.3 is 12.8 Å². The Balaban J connectivity index is 0.000000246. The molecule has 2 aromatic carbocycles. The number of hydrogen-bond donors (Lipinski definition) is 2. The third-order valence-electron chi connectivity index (χ3n) is 6.04. The SMILES string of the molecule is CCC(Nc1ncnc(C)c1Cl)c1ccc(OC(F)F)cc1.O=C(NCc1ncc(C(F)(F)F)cc1Cl)c1c(Cl)cccc1Cl. The fourth-order valence-corrected chi connectivity index (χ4v) is 4.70. The molecule has 1 unspecified atom stereocenters. The predicted octanol–water partition coefficient (Wildman–Crippen LogP) is 9.59. The van der Waals surface area contributed by atoms with Gasteiger partial charge in [-0.2, -0.15) is 22.0 Å². The van der Waals surface area contributed by atoms with Crippen molar-refractivity contribution in [1.29, 1.82) is 0 Å². The van der Waals surface area contributed by atoms with Crippen LogP contribution in [0.25, 0.3) is 0 Å². The smallest absolute Gasteiger partial charge is 0.417 e. The van der Waals surface area contributed by atoms with E-state index in [2.05, 4.69) is 30.3 Å². The molecule has 45 heavy (non-hydrogen) atoms. The number of aryl methyl sites for hydroxylation is 1. The summed E-state index contributed by atoms with van der Waals surface area (Å²) in [5.74, 6) is 0.0943. The number of halogens is 9. The Morgan fingerprint density at radius 1 is 0.956 bits per heavy atom. The molecule has 0 bridgehead atoms. The van der Waals surface area contributed by atoms with Gasteiger partial charge in [0.15, 0.2) is 0 Å². The number of anilines is 1. The van der Waals surface area contributed by atoms with Crippen LogP contribution in [0, 0.1) is 6.92 Å². The zero-order valence-corrected chi connectivity index (χ0v) is 26.4. The molecular formula is C29H24Cl4F5N5O2. The molecule has 1 amide bonds. The van der Waals surface area contributed by atoms with E-state index in [9.17, 15) is 26.7 Å². The van der Waals surface area contributed by atoms with Crippen LogP contribution in [0.2, 0.25) is 20.1 Å². The Bertz CT molecular complexity index is 1590. The Hall–Kier alpha value is -3.45. The monoisotopic (exact) mass is 709 g/mol. The summed E-state index contributed by atoms with van der Waals surface area (Å²) in [6, 6.07) is 11.8. The van der Waals surface area contributed by atoms with Crippen LogP contribution in [-0.4, -0.2) is 27.5 Å². The number of nitrogens with zero attached hydrogens (tertiary/aromatic N) is 3. The van der Waals surface area contributed by atoms with Crippen molar-refractivity contribution >= 4 is 58.1 Å². The molecule has 4 rings (SSSR count). The summed E-state index contributed by atoms with van der Waals surface area (Å²) in [5, 5.41) is 6.28. The molecule has 0 aliphatic heterocycles. The maximum absolute atomic E-state index is 12.5. The maximum atomic E-state index is 12.5. The highest BCUT2D eigenvalue weighted by molar-refractivity contribution is 6.39. The van der Waals surface area contributed by atoms with Gasteiger partial charge in [-0.15, -0.1) is 0 Å². The van der Waals surface area contributed by atoms with E-state index < -0.39 is 24.3 Å². The molecule has 0 aliphatic carbocycles. The summed E-state index contributed by atoms with van der Waals surface area (Å²) in [6.45, 7) is 0.807. The standard InChI is InChI=1S/C15H16ClF2N3O.C14H8Cl3F3N2O/c1-3-12(21-14-13(16)9(2)19-8-20-14)10-4-6-11(7-5-10)22-15(17)18;15-8-2-1-3-9(16)12(8)13(23)22-6-11-10(17)4-7(5-21-11)14(18,19)20/h4-8,12,15H,3H2,1-2H3,(H,19,20,21);1-5H,6H2,(H,22,23). The number of aromatic nitrogens is 3. The van der Waals surface area contributed by atoms with Gasteiger partial charge < -0.3 is 15.4 Å². The molecule has 4 aromatic rings. The van der Waals surface area contributed by atoms with Crippen molar-refractivity contribution in [2.45, 2.75) is 45.6 Å². The summed E-state index contributed by atoms with van der Waals surface area (Å²) < 4.78 is 66.2. The molecule has 7 nitrogen and oxygen atoms in total. The van der Waals surface area contributed by atoms with Gasteiger partial charge in [-0.1, -0.05) is 71.5 Å². The Labute approximate surface area is 275 Å². The molecule has 240 valence electrons. The van der Waals surface area contributed by atoms with E-state index in [-0.39, 0.29) is 44.7 Å². The number of nitrogens with one attached hydrogen (secondary N) is 2. The lowest BCUT2D eigenvalue weighted by molar-refractivity contribution is -0.137. The minimum absolute atomic E-state index is 0.0487. The van der Waals surface area contributed by atoms with Crippen LogP contribution in [0.3, 0.4) is 0 Å². The first-order chi connectivity index (χ1) is 21.2. The van der Waals surface area contributed by atoms with E-state index in [4.69, 9.17) is 46.4 Å². The van der Waals surface area contributed by atoms with Crippen LogP contribution in [-0.2, 0) is 12.7 Å². The first-order valence-corrected chi connectivity index (χ1v) is 14.4. The molecule has 2 heterocycles. The minimum atomic E-state index is -4.54. The average Bonchev–Trinajstić information content (AvgIpc) is 2.97. The van der Waals surface area contributed by atoms with Gasteiger partial charge in [0.05, 0.1) is 50.2 Å². The lowest BCUT2D eigenvalue weighted by Crippen LogP contribution is -2.24. The lowest BCUT2D eigenvalue weighted by Gasteiger charge is -2.19. The highest BCUT2D eigenvalue weighted by atomic mass is 35.5. The number of ether oxygens (including phenoxy) is 1.